The largest absolute Gasteiger partial charge is 0.480 e. The molecule has 2 atom stereocenters. The summed E-state index contributed by atoms with van der Waals surface area (Å²) < 4.78 is 39.0. The Labute approximate surface area is 210 Å². The van der Waals surface area contributed by atoms with Crippen molar-refractivity contribution >= 4 is 29.4 Å². The first-order valence-corrected chi connectivity index (χ1v) is 11.4. The number of carboxylic acids is 1. The number of carboxylic acid groups (broad SMARTS) is 1. The van der Waals surface area contributed by atoms with E-state index in [-0.39, 0.29) is 59.7 Å². The summed E-state index contributed by atoms with van der Waals surface area (Å²) in [5.41, 5.74) is 1.01. The lowest BCUT2D eigenvalue weighted by Gasteiger charge is -2.35. The van der Waals surface area contributed by atoms with Crippen LogP contribution >= 0.6 is 11.6 Å². The van der Waals surface area contributed by atoms with Crippen molar-refractivity contribution in [1.29, 1.82) is 0 Å². The molecule has 0 spiro atoms. The molecule has 36 heavy (non-hydrogen) atoms. The number of rotatable bonds is 6. The summed E-state index contributed by atoms with van der Waals surface area (Å²) in [4.78, 5) is 35.1. The third kappa shape index (κ3) is 5.23. The fraction of sp³-hybridized carbons (Fsp3) is 0.333. The van der Waals surface area contributed by atoms with Gasteiger partial charge in [-0.1, -0.05) is 17.7 Å². The van der Waals surface area contributed by atoms with Gasteiger partial charge in [-0.2, -0.15) is 0 Å². The van der Waals surface area contributed by atoms with Gasteiger partial charge in [-0.3, -0.25) is 14.7 Å². The van der Waals surface area contributed by atoms with Crippen molar-refractivity contribution in [1.82, 2.24) is 15.2 Å². The predicted octanol–water partition coefficient (Wildman–Crippen LogP) is 2.63. The second kappa shape index (κ2) is 10.7. The Morgan fingerprint density at radius 2 is 2.11 bits per heavy atom. The number of nitrogens with one attached hydrogen (secondary N) is 1. The standard InChI is InChI=1S/C24H23ClF2N4O5/c1-12-7-16(27)21(28-9-12)22-29-17(10-31-5-6-36-11-18(31)23(32)33)19(24(34)35-2)20(30-22)14-4-3-13(26)8-15(14)25/h3-4,7-9,18,20H,5-6,10-11H2,1-2H3,(H,29,30)(H,32,33)/t18-,20-/m0/s1. The number of halogens is 3. The lowest BCUT2D eigenvalue weighted by Crippen LogP contribution is -2.52. The number of aromatic nitrogens is 1. The first-order valence-electron chi connectivity index (χ1n) is 11.0. The second-order valence-corrected chi connectivity index (χ2v) is 8.70. The maximum absolute atomic E-state index is 14.9. The maximum Gasteiger partial charge on any atom is 0.338 e. The molecule has 190 valence electrons. The zero-order chi connectivity index (χ0) is 26.0. The van der Waals surface area contributed by atoms with Gasteiger partial charge < -0.3 is 19.9 Å². The lowest BCUT2D eigenvalue weighted by molar-refractivity contribution is -0.149. The first kappa shape index (κ1) is 25.7. The van der Waals surface area contributed by atoms with E-state index in [1.165, 1.54) is 31.5 Å². The molecule has 1 saturated heterocycles. The average Bonchev–Trinajstić information content (AvgIpc) is 2.83. The van der Waals surface area contributed by atoms with Crippen molar-refractivity contribution < 1.29 is 33.0 Å². The molecule has 0 aliphatic carbocycles. The van der Waals surface area contributed by atoms with E-state index in [9.17, 15) is 23.5 Å². The summed E-state index contributed by atoms with van der Waals surface area (Å²) >= 11 is 6.33. The van der Waals surface area contributed by atoms with Crippen LogP contribution in [0.3, 0.4) is 0 Å². The van der Waals surface area contributed by atoms with Crippen molar-refractivity contribution in [2.75, 3.05) is 33.4 Å². The molecule has 2 aliphatic heterocycles. The number of aliphatic carboxylic acids is 1. The third-order valence-corrected chi connectivity index (χ3v) is 6.20. The van der Waals surface area contributed by atoms with E-state index in [1.807, 2.05) is 0 Å². The highest BCUT2D eigenvalue weighted by Crippen LogP contribution is 2.37. The number of amidine groups is 1. The Morgan fingerprint density at radius 3 is 2.78 bits per heavy atom. The summed E-state index contributed by atoms with van der Waals surface area (Å²) in [6, 6.07) is 2.83. The molecule has 0 amide bonds. The van der Waals surface area contributed by atoms with E-state index >= 15 is 0 Å². The van der Waals surface area contributed by atoms with Crippen LogP contribution < -0.4 is 5.32 Å². The van der Waals surface area contributed by atoms with Gasteiger partial charge in [-0.15, -0.1) is 0 Å². The van der Waals surface area contributed by atoms with E-state index in [4.69, 9.17) is 21.1 Å². The van der Waals surface area contributed by atoms with Gasteiger partial charge in [0.15, 0.2) is 11.7 Å². The van der Waals surface area contributed by atoms with Crippen molar-refractivity contribution in [3.63, 3.8) is 0 Å². The van der Waals surface area contributed by atoms with Crippen LogP contribution in [0.4, 0.5) is 8.78 Å². The van der Waals surface area contributed by atoms with E-state index in [1.54, 1.807) is 11.8 Å². The Morgan fingerprint density at radius 1 is 1.33 bits per heavy atom. The molecule has 3 heterocycles. The minimum atomic E-state index is -1.11. The molecule has 1 aromatic carbocycles. The second-order valence-electron chi connectivity index (χ2n) is 8.30. The van der Waals surface area contributed by atoms with Crippen molar-refractivity contribution in [3.05, 3.63) is 75.2 Å². The molecule has 4 rings (SSSR count). The molecular formula is C24H23ClF2N4O5. The number of methoxy groups -OCH3 is 1. The smallest absolute Gasteiger partial charge is 0.338 e. The Kier molecular flexibility index (Phi) is 7.62. The fourth-order valence-electron chi connectivity index (χ4n) is 4.10. The molecule has 2 aliphatic rings. The highest BCUT2D eigenvalue weighted by Gasteiger charge is 2.37. The number of aliphatic imine (C=N–C) groups is 1. The predicted molar refractivity (Wildman–Crippen MR) is 126 cm³/mol. The molecule has 0 saturated carbocycles. The van der Waals surface area contributed by atoms with Crippen LogP contribution in [0.2, 0.25) is 5.02 Å². The van der Waals surface area contributed by atoms with Crippen molar-refractivity contribution in [3.8, 4) is 0 Å². The number of esters is 1. The summed E-state index contributed by atoms with van der Waals surface area (Å²) in [6.07, 6.45) is 1.46. The fourth-order valence-corrected chi connectivity index (χ4v) is 4.38. The zero-order valence-electron chi connectivity index (χ0n) is 19.4. The average molecular weight is 521 g/mol. The number of carbonyl (C=O) groups is 2. The molecule has 0 radical (unpaired) electrons. The Balaban J connectivity index is 1.87. The van der Waals surface area contributed by atoms with Gasteiger partial charge in [-0.25, -0.2) is 18.6 Å². The van der Waals surface area contributed by atoms with Gasteiger partial charge in [0.1, 0.15) is 23.6 Å². The van der Waals surface area contributed by atoms with Gasteiger partial charge in [0.05, 0.1) is 25.9 Å². The van der Waals surface area contributed by atoms with Gasteiger partial charge in [-0.05, 0) is 30.7 Å². The Hall–Kier alpha value is -3.41. The van der Waals surface area contributed by atoms with Gasteiger partial charge in [0, 0.05) is 35.6 Å². The number of hydrogen-bond donors (Lipinski definition) is 2. The summed E-state index contributed by atoms with van der Waals surface area (Å²) in [6.45, 7) is 2.14. The molecule has 1 fully saturated rings. The van der Waals surface area contributed by atoms with E-state index in [0.717, 1.165) is 6.07 Å². The monoisotopic (exact) mass is 520 g/mol. The van der Waals surface area contributed by atoms with Gasteiger partial charge in [0.2, 0.25) is 0 Å². The quantitative estimate of drug-likeness (QED) is 0.559. The van der Waals surface area contributed by atoms with Crippen LogP contribution in [-0.2, 0) is 19.1 Å². The number of morpholine rings is 1. The van der Waals surface area contributed by atoms with Crippen LogP contribution in [-0.4, -0.2) is 72.2 Å². The number of nitrogens with zero attached hydrogens (tertiary/aromatic N) is 3. The lowest BCUT2D eigenvalue weighted by atomic mass is 9.94. The molecule has 12 heteroatoms. The van der Waals surface area contributed by atoms with Crippen LogP contribution in [0.15, 0.2) is 46.7 Å². The van der Waals surface area contributed by atoms with Crippen molar-refractivity contribution in [2.24, 2.45) is 4.99 Å². The molecular weight excluding hydrogens is 498 g/mol. The number of aryl methyl sites for hydroxylation is 1. The Bertz CT molecular complexity index is 1270. The minimum absolute atomic E-state index is 0.000629. The van der Waals surface area contributed by atoms with Crippen LogP contribution in [0.5, 0.6) is 0 Å². The molecule has 0 unspecified atom stereocenters. The maximum atomic E-state index is 14.9. The molecule has 9 nitrogen and oxygen atoms in total. The molecule has 2 N–H and O–H groups in total. The van der Waals surface area contributed by atoms with Gasteiger partial charge >= 0.3 is 11.9 Å². The van der Waals surface area contributed by atoms with Crippen LogP contribution in [0.1, 0.15) is 22.9 Å². The number of carbonyl (C=O) groups excluding carboxylic acids is 1. The summed E-state index contributed by atoms with van der Waals surface area (Å²) in [5, 5.41) is 12.6. The molecule has 0 bridgehead atoms. The van der Waals surface area contributed by atoms with Gasteiger partial charge in [0.25, 0.3) is 0 Å². The van der Waals surface area contributed by atoms with Crippen molar-refractivity contribution in [2.45, 2.75) is 19.0 Å². The highest BCUT2D eigenvalue weighted by atomic mass is 35.5. The third-order valence-electron chi connectivity index (χ3n) is 5.88. The first-order chi connectivity index (χ1) is 17.2. The highest BCUT2D eigenvalue weighted by molar-refractivity contribution is 6.31. The van der Waals surface area contributed by atoms with E-state index in [0.29, 0.717) is 5.56 Å². The van der Waals surface area contributed by atoms with Crippen LogP contribution in [0.25, 0.3) is 0 Å². The number of ether oxygens (including phenoxy) is 2. The molecule has 2 aromatic rings. The minimum Gasteiger partial charge on any atom is -0.480 e. The SMILES string of the molecule is COC(=O)C1=C(CN2CCOC[C@H]2C(=O)O)NC(c2ncc(C)cc2F)=N[C@H]1c1ccc(F)cc1Cl. The topological polar surface area (TPSA) is 113 Å². The van der Waals surface area contributed by atoms with Crippen LogP contribution in [0, 0.1) is 18.6 Å². The van der Waals surface area contributed by atoms with E-state index < -0.39 is 35.7 Å². The normalized spacial score (nSPS) is 20.5. The number of benzene rings is 1. The van der Waals surface area contributed by atoms with E-state index in [2.05, 4.69) is 15.3 Å². The zero-order valence-corrected chi connectivity index (χ0v) is 20.2. The molecule has 1 aromatic heterocycles. The summed E-state index contributed by atoms with van der Waals surface area (Å²) in [5.74, 6) is -3.09. The number of hydrogen-bond acceptors (Lipinski definition) is 8. The number of pyridine rings is 1. The summed E-state index contributed by atoms with van der Waals surface area (Å²) in [7, 11) is 1.19.